The average Bonchev–Trinajstić information content (AvgIpc) is 2.73. The Bertz CT molecular complexity index is 484. The molecule has 0 radical (unpaired) electrons. The second kappa shape index (κ2) is 5.53. The van der Waals surface area contributed by atoms with E-state index in [1.165, 1.54) is 0 Å². The number of hydrogen-bond donors (Lipinski definition) is 2. The summed E-state index contributed by atoms with van der Waals surface area (Å²) in [5.41, 5.74) is 0.658. The van der Waals surface area contributed by atoms with Crippen LogP contribution in [-0.2, 0) is 10.0 Å². The molecule has 1 unspecified atom stereocenters. The average molecular weight is 366 g/mol. The molecule has 4 nitrogen and oxygen atoms in total. The number of para-hydroxylation sites is 1. The summed E-state index contributed by atoms with van der Waals surface area (Å²) in [4.78, 5) is 0. The number of rotatable bonds is 4. The van der Waals surface area contributed by atoms with E-state index in [4.69, 9.17) is 0 Å². The van der Waals surface area contributed by atoms with Crippen LogP contribution < -0.4 is 10.0 Å². The molecule has 94 valence electrons. The smallest absolute Gasteiger partial charge is 0.234 e. The summed E-state index contributed by atoms with van der Waals surface area (Å²) < 4.78 is 27.5. The molecule has 0 bridgehead atoms. The normalized spacial score (nSPS) is 20.4. The van der Waals surface area contributed by atoms with Crippen molar-refractivity contribution in [3.05, 3.63) is 27.8 Å². The van der Waals surface area contributed by atoms with Gasteiger partial charge in [-0.15, -0.1) is 0 Å². The van der Waals surface area contributed by atoms with Crippen molar-refractivity contribution in [1.29, 1.82) is 0 Å². The molecule has 6 heteroatoms. The third-order valence-electron chi connectivity index (χ3n) is 2.72. The highest BCUT2D eigenvalue weighted by molar-refractivity contribution is 14.1. The first kappa shape index (κ1) is 13.1. The highest BCUT2D eigenvalue weighted by atomic mass is 127. The van der Waals surface area contributed by atoms with Crippen molar-refractivity contribution in [2.45, 2.75) is 18.9 Å². The number of sulfonamides is 1. The lowest BCUT2D eigenvalue weighted by Gasteiger charge is -2.13. The fourth-order valence-corrected chi connectivity index (χ4v) is 4.03. The van der Waals surface area contributed by atoms with Crippen LogP contribution in [0.2, 0.25) is 0 Å². The standard InChI is InChI=1S/C11H15IN2O2S/c12-10-5-1-2-6-11(10)14-17(15,16)8-9-4-3-7-13-9/h1-2,5-6,9,13-14H,3-4,7-8H2. The zero-order valence-electron chi connectivity index (χ0n) is 9.32. The van der Waals surface area contributed by atoms with Crippen molar-refractivity contribution in [2.75, 3.05) is 17.0 Å². The molecule has 0 aliphatic carbocycles. The molecule has 2 N–H and O–H groups in total. The third kappa shape index (κ3) is 3.82. The quantitative estimate of drug-likeness (QED) is 0.799. The van der Waals surface area contributed by atoms with E-state index in [9.17, 15) is 8.42 Å². The van der Waals surface area contributed by atoms with Crippen LogP contribution >= 0.6 is 22.6 Å². The van der Waals surface area contributed by atoms with Gasteiger partial charge in [-0.25, -0.2) is 8.42 Å². The van der Waals surface area contributed by atoms with E-state index in [0.717, 1.165) is 23.0 Å². The molecule has 1 atom stereocenters. The molecule has 2 rings (SSSR count). The van der Waals surface area contributed by atoms with Crippen molar-refractivity contribution in [1.82, 2.24) is 5.32 Å². The Morgan fingerprint density at radius 1 is 1.41 bits per heavy atom. The Morgan fingerprint density at radius 3 is 2.82 bits per heavy atom. The largest absolute Gasteiger partial charge is 0.313 e. The van der Waals surface area contributed by atoms with Gasteiger partial charge in [0.05, 0.1) is 11.4 Å². The molecular formula is C11H15IN2O2S. The van der Waals surface area contributed by atoms with Gasteiger partial charge in [0.1, 0.15) is 0 Å². The molecule has 1 saturated heterocycles. The second-order valence-electron chi connectivity index (χ2n) is 4.16. The molecule has 1 aliphatic heterocycles. The SMILES string of the molecule is O=S(=O)(CC1CCCN1)Nc1ccccc1I. The van der Waals surface area contributed by atoms with Gasteiger partial charge in [-0.2, -0.15) is 0 Å². The predicted octanol–water partition coefficient (Wildman–Crippen LogP) is 1.78. The molecule has 1 aromatic carbocycles. The number of hydrogen-bond acceptors (Lipinski definition) is 3. The van der Waals surface area contributed by atoms with E-state index in [1.54, 1.807) is 6.07 Å². The van der Waals surface area contributed by atoms with Crippen LogP contribution in [0.3, 0.4) is 0 Å². The number of anilines is 1. The maximum Gasteiger partial charge on any atom is 0.234 e. The maximum atomic E-state index is 12.0. The minimum atomic E-state index is -3.26. The van der Waals surface area contributed by atoms with Gasteiger partial charge in [0.25, 0.3) is 0 Å². The Hall–Kier alpha value is -0.340. The molecule has 0 aromatic heterocycles. The summed E-state index contributed by atoms with van der Waals surface area (Å²) in [6.07, 6.45) is 2.00. The Kier molecular flexibility index (Phi) is 4.26. The van der Waals surface area contributed by atoms with Crippen LogP contribution in [0.4, 0.5) is 5.69 Å². The van der Waals surface area contributed by atoms with Gasteiger partial charge in [0, 0.05) is 9.61 Å². The first-order valence-electron chi connectivity index (χ1n) is 5.55. The van der Waals surface area contributed by atoms with Crippen LogP contribution in [0.1, 0.15) is 12.8 Å². The van der Waals surface area contributed by atoms with Crippen molar-refractivity contribution in [2.24, 2.45) is 0 Å². The second-order valence-corrected chi connectivity index (χ2v) is 7.09. The Morgan fingerprint density at radius 2 is 2.18 bits per heavy atom. The first-order chi connectivity index (χ1) is 8.07. The van der Waals surface area contributed by atoms with Gasteiger partial charge in [-0.3, -0.25) is 4.72 Å². The molecule has 0 saturated carbocycles. The lowest BCUT2D eigenvalue weighted by atomic mass is 10.3. The summed E-state index contributed by atoms with van der Waals surface area (Å²) in [7, 11) is -3.26. The molecule has 1 aromatic rings. The zero-order chi connectivity index (χ0) is 12.3. The van der Waals surface area contributed by atoms with Gasteiger partial charge in [0.15, 0.2) is 0 Å². The summed E-state index contributed by atoms with van der Waals surface area (Å²) in [6, 6.07) is 7.47. The number of nitrogens with one attached hydrogen (secondary N) is 2. The monoisotopic (exact) mass is 366 g/mol. The number of benzene rings is 1. The lowest BCUT2D eigenvalue weighted by molar-refractivity contribution is 0.582. The van der Waals surface area contributed by atoms with Crippen molar-refractivity contribution < 1.29 is 8.42 Å². The Labute approximate surface area is 115 Å². The van der Waals surface area contributed by atoms with Crippen LogP contribution in [0.5, 0.6) is 0 Å². The van der Waals surface area contributed by atoms with Crippen LogP contribution in [0, 0.1) is 3.57 Å². The van der Waals surface area contributed by atoms with E-state index < -0.39 is 10.0 Å². The summed E-state index contributed by atoms with van der Waals surface area (Å²) in [5, 5.41) is 3.19. The molecule has 1 fully saturated rings. The summed E-state index contributed by atoms with van der Waals surface area (Å²) in [6.45, 7) is 0.920. The molecule has 1 heterocycles. The fourth-order valence-electron chi connectivity index (χ4n) is 1.92. The summed E-state index contributed by atoms with van der Waals surface area (Å²) in [5.74, 6) is 0.151. The van der Waals surface area contributed by atoms with E-state index in [-0.39, 0.29) is 11.8 Å². The van der Waals surface area contributed by atoms with E-state index in [1.807, 2.05) is 18.2 Å². The molecule has 0 amide bonds. The van der Waals surface area contributed by atoms with Gasteiger partial charge >= 0.3 is 0 Å². The molecule has 0 spiro atoms. The lowest BCUT2D eigenvalue weighted by Crippen LogP contribution is -2.32. The number of halogens is 1. The van der Waals surface area contributed by atoms with Crippen LogP contribution in [0.15, 0.2) is 24.3 Å². The van der Waals surface area contributed by atoms with Gasteiger partial charge in [-0.1, -0.05) is 12.1 Å². The minimum Gasteiger partial charge on any atom is -0.313 e. The van der Waals surface area contributed by atoms with Crippen molar-refractivity contribution in [3.63, 3.8) is 0 Å². The highest BCUT2D eigenvalue weighted by Gasteiger charge is 2.22. The Balaban J connectivity index is 2.04. The summed E-state index contributed by atoms with van der Waals surface area (Å²) >= 11 is 2.12. The van der Waals surface area contributed by atoms with Crippen LogP contribution in [0.25, 0.3) is 0 Å². The van der Waals surface area contributed by atoms with Gasteiger partial charge in [0.2, 0.25) is 10.0 Å². The maximum absolute atomic E-state index is 12.0. The van der Waals surface area contributed by atoms with E-state index in [2.05, 4.69) is 32.6 Å². The van der Waals surface area contributed by atoms with E-state index in [0.29, 0.717) is 5.69 Å². The van der Waals surface area contributed by atoms with Crippen molar-refractivity contribution >= 4 is 38.3 Å². The molecule has 1 aliphatic rings. The third-order valence-corrected chi connectivity index (χ3v) is 5.04. The molecular weight excluding hydrogens is 351 g/mol. The highest BCUT2D eigenvalue weighted by Crippen LogP contribution is 2.19. The fraction of sp³-hybridized carbons (Fsp3) is 0.455. The zero-order valence-corrected chi connectivity index (χ0v) is 12.3. The van der Waals surface area contributed by atoms with Gasteiger partial charge in [-0.05, 0) is 54.1 Å². The first-order valence-corrected chi connectivity index (χ1v) is 8.28. The predicted molar refractivity (Wildman–Crippen MR) is 77.6 cm³/mol. The van der Waals surface area contributed by atoms with Crippen molar-refractivity contribution in [3.8, 4) is 0 Å². The molecule has 17 heavy (non-hydrogen) atoms. The van der Waals surface area contributed by atoms with E-state index >= 15 is 0 Å². The van der Waals surface area contributed by atoms with Crippen LogP contribution in [-0.4, -0.2) is 26.8 Å². The van der Waals surface area contributed by atoms with Gasteiger partial charge < -0.3 is 5.32 Å². The minimum absolute atomic E-state index is 0.0915. The topological polar surface area (TPSA) is 58.2 Å².